The second-order valence-electron chi connectivity index (χ2n) is 4.88. The number of rotatable bonds is 5. The van der Waals surface area contributed by atoms with E-state index < -0.39 is 61.2 Å². The van der Waals surface area contributed by atoms with E-state index >= 15 is 0 Å². The largest absolute Gasteiger partial charge is 0.477 e. The van der Waals surface area contributed by atoms with Crippen LogP contribution in [0.15, 0.2) is 0 Å². The van der Waals surface area contributed by atoms with E-state index in [1.54, 1.807) is 0 Å². The first-order chi connectivity index (χ1) is 9.62. The Morgan fingerprint density at radius 1 is 1.48 bits per heavy atom. The first-order valence-electron chi connectivity index (χ1n) is 6.13. The topological polar surface area (TPSA) is 157 Å². The summed E-state index contributed by atoms with van der Waals surface area (Å²) in [6.45, 7) is -0.269. The molecule has 1 aliphatic heterocycles. The lowest BCUT2D eigenvalue weighted by Gasteiger charge is -2.44. The molecule has 1 fully saturated rings. The van der Waals surface area contributed by atoms with Crippen molar-refractivity contribution >= 4 is 11.9 Å². The molecule has 0 radical (unpaired) electrons. The average Bonchev–Trinajstić information content (AvgIpc) is 2.39. The van der Waals surface area contributed by atoms with Crippen LogP contribution in [0.25, 0.3) is 0 Å². The highest BCUT2D eigenvalue weighted by Crippen LogP contribution is 2.30. The Hall–Kier alpha value is -1.33. The average molecular weight is 311 g/mol. The zero-order valence-electron chi connectivity index (χ0n) is 11.1. The smallest absolute Gasteiger partial charge is 0.364 e. The van der Waals surface area contributed by atoms with Gasteiger partial charge in [0.05, 0.1) is 12.1 Å². The van der Waals surface area contributed by atoms with Crippen molar-refractivity contribution in [2.45, 2.75) is 49.6 Å². The second-order valence-corrected chi connectivity index (χ2v) is 4.88. The maximum atomic E-state index is 12.4. The van der Waals surface area contributed by atoms with Crippen LogP contribution < -0.4 is 5.32 Å². The molecule has 0 bridgehead atoms. The van der Waals surface area contributed by atoms with Crippen LogP contribution in [-0.4, -0.2) is 80.3 Å². The van der Waals surface area contributed by atoms with E-state index in [2.05, 4.69) is 5.32 Å². The molecular formula is C11H18FNO8. The summed E-state index contributed by atoms with van der Waals surface area (Å²) in [7, 11) is 0. The number of alkyl halides is 1. The van der Waals surface area contributed by atoms with Gasteiger partial charge in [-0.25, -0.2) is 9.18 Å². The molecule has 1 amide bonds. The normalized spacial score (nSPS) is 35.8. The van der Waals surface area contributed by atoms with E-state index in [1.165, 1.54) is 0 Å². The van der Waals surface area contributed by atoms with E-state index in [4.69, 9.17) is 9.84 Å². The molecule has 0 spiro atoms. The van der Waals surface area contributed by atoms with Crippen molar-refractivity contribution in [3.8, 4) is 0 Å². The lowest BCUT2D eigenvalue weighted by Crippen LogP contribution is -2.67. The van der Waals surface area contributed by atoms with Gasteiger partial charge < -0.3 is 35.6 Å². The van der Waals surface area contributed by atoms with Crippen LogP contribution in [0.1, 0.15) is 13.3 Å². The van der Waals surface area contributed by atoms with Gasteiger partial charge in [0.2, 0.25) is 5.91 Å². The van der Waals surface area contributed by atoms with Crippen molar-refractivity contribution in [2.75, 3.05) is 6.67 Å². The number of nitrogens with one attached hydrogen (secondary N) is 1. The predicted molar refractivity (Wildman–Crippen MR) is 63.7 cm³/mol. The molecule has 1 rings (SSSR count). The summed E-state index contributed by atoms with van der Waals surface area (Å²) in [5.41, 5.74) is 0. The van der Waals surface area contributed by atoms with Crippen LogP contribution in [0.2, 0.25) is 0 Å². The van der Waals surface area contributed by atoms with Crippen LogP contribution in [0.4, 0.5) is 4.39 Å². The molecule has 0 aromatic heterocycles. The Morgan fingerprint density at radius 2 is 2.05 bits per heavy atom. The number of halogens is 1. The minimum absolute atomic E-state index is 0.629. The molecule has 0 aromatic rings. The second kappa shape index (κ2) is 6.62. The number of aliphatic hydroxyl groups is 4. The number of hydrogen-bond acceptors (Lipinski definition) is 7. The number of carbonyl (C=O) groups is 2. The monoisotopic (exact) mass is 311 g/mol. The van der Waals surface area contributed by atoms with Gasteiger partial charge in [-0.2, -0.15) is 0 Å². The highest BCUT2D eigenvalue weighted by Gasteiger charge is 2.53. The number of ether oxygens (including phenoxy) is 1. The molecule has 0 aliphatic carbocycles. The molecule has 6 N–H and O–H groups in total. The van der Waals surface area contributed by atoms with Gasteiger partial charge in [-0.1, -0.05) is 0 Å². The van der Waals surface area contributed by atoms with Gasteiger partial charge in [0.25, 0.3) is 5.79 Å². The van der Waals surface area contributed by atoms with Crippen LogP contribution in [0.5, 0.6) is 0 Å². The Balaban J connectivity index is 3.07. The van der Waals surface area contributed by atoms with Crippen LogP contribution >= 0.6 is 0 Å². The first-order valence-corrected chi connectivity index (χ1v) is 6.13. The van der Waals surface area contributed by atoms with Gasteiger partial charge >= 0.3 is 5.97 Å². The van der Waals surface area contributed by atoms with Gasteiger partial charge in [0.1, 0.15) is 25.0 Å². The molecule has 1 heterocycles. The SMILES string of the molecule is CC(=O)NC1C(O)CC(O)(C(=O)O)OC1C(O)C(O)CF. The number of aliphatic carboxylic acids is 1. The molecule has 1 aliphatic rings. The first kappa shape index (κ1) is 17.7. The van der Waals surface area contributed by atoms with Gasteiger partial charge in [0, 0.05) is 13.3 Å². The molecule has 9 nitrogen and oxygen atoms in total. The van der Waals surface area contributed by atoms with E-state index in [1.807, 2.05) is 0 Å². The van der Waals surface area contributed by atoms with Gasteiger partial charge in [-0.3, -0.25) is 4.79 Å². The van der Waals surface area contributed by atoms with Crippen molar-refractivity contribution in [1.29, 1.82) is 0 Å². The van der Waals surface area contributed by atoms with Crippen LogP contribution in [0.3, 0.4) is 0 Å². The van der Waals surface area contributed by atoms with Crippen LogP contribution in [0, 0.1) is 0 Å². The Bertz CT molecular complexity index is 408. The fraction of sp³-hybridized carbons (Fsp3) is 0.818. The highest BCUT2D eigenvalue weighted by atomic mass is 19.1. The Kier molecular flexibility index (Phi) is 5.59. The summed E-state index contributed by atoms with van der Waals surface area (Å²) in [4.78, 5) is 22.1. The number of hydrogen-bond donors (Lipinski definition) is 6. The summed E-state index contributed by atoms with van der Waals surface area (Å²) in [6.07, 6.45) is -7.98. The molecule has 122 valence electrons. The summed E-state index contributed by atoms with van der Waals surface area (Å²) in [5, 5.41) is 49.8. The Labute approximate surface area is 119 Å². The van der Waals surface area contributed by atoms with Crippen molar-refractivity contribution < 1.29 is 44.2 Å². The van der Waals surface area contributed by atoms with Crippen molar-refractivity contribution in [2.24, 2.45) is 0 Å². The van der Waals surface area contributed by atoms with E-state index in [-0.39, 0.29) is 0 Å². The minimum Gasteiger partial charge on any atom is -0.477 e. The van der Waals surface area contributed by atoms with Crippen molar-refractivity contribution in [3.05, 3.63) is 0 Å². The van der Waals surface area contributed by atoms with Gasteiger partial charge in [-0.05, 0) is 0 Å². The van der Waals surface area contributed by atoms with E-state index in [9.17, 15) is 34.4 Å². The maximum absolute atomic E-state index is 12.4. The molecule has 6 unspecified atom stereocenters. The molecule has 0 saturated carbocycles. The lowest BCUT2D eigenvalue weighted by molar-refractivity contribution is -0.294. The van der Waals surface area contributed by atoms with Gasteiger partial charge in [0.15, 0.2) is 0 Å². The summed E-state index contributed by atoms with van der Waals surface area (Å²) < 4.78 is 17.2. The van der Waals surface area contributed by atoms with Gasteiger partial charge in [-0.15, -0.1) is 0 Å². The molecule has 0 aromatic carbocycles. The third kappa shape index (κ3) is 3.86. The molecule has 10 heteroatoms. The molecular weight excluding hydrogens is 293 g/mol. The summed E-state index contributed by atoms with van der Waals surface area (Å²) >= 11 is 0. The third-order valence-electron chi connectivity index (χ3n) is 3.18. The van der Waals surface area contributed by atoms with E-state index in [0.717, 1.165) is 6.92 Å². The number of carboxylic acids is 1. The highest BCUT2D eigenvalue weighted by molar-refractivity contribution is 5.76. The molecule has 1 saturated heterocycles. The summed E-state index contributed by atoms with van der Waals surface area (Å²) in [6, 6.07) is -1.32. The number of carboxylic acid groups (broad SMARTS) is 1. The number of carbonyl (C=O) groups excluding carboxylic acids is 1. The zero-order chi connectivity index (χ0) is 16.4. The fourth-order valence-corrected chi connectivity index (χ4v) is 2.12. The quantitative estimate of drug-likeness (QED) is 0.316. The van der Waals surface area contributed by atoms with E-state index in [0.29, 0.717) is 0 Å². The van der Waals surface area contributed by atoms with Crippen LogP contribution in [-0.2, 0) is 14.3 Å². The molecule has 6 atom stereocenters. The number of aliphatic hydroxyl groups excluding tert-OH is 3. The fourth-order valence-electron chi connectivity index (χ4n) is 2.12. The summed E-state index contributed by atoms with van der Waals surface area (Å²) in [5.74, 6) is -5.28. The Morgan fingerprint density at radius 3 is 2.48 bits per heavy atom. The zero-order valence-corrected chi connectivity index (χ0v) is 11.1. The molecule has 21 heavy (non-hydrogen) atoms. The standard InChI is InChI=1S/C11H18FNO8/c1-4(14)13-7-5(15)2-11(20,10(18)19)21-9(7)8(17)6(16)3-12/h5-9,15-17,20H,2-3H2,1H3,(H,13,14)(H,18,19). The maximum Gasteiger partial charge on any atom is 0.364 e. The predicted octanol–water partition coefficient (Wildman–Crippen LogP) is -2.89. The number of amides is 1. The minimum atomic E-state index is -2.82. The lowest BCUT2D eigenvalue weighted by atomic mass is 9.89. The van der Waals surface area contributed by atoms with Crippen molar-refractivity contribution in [3.63, 3.8) is 0 Å². The van der Waals surface area contributed by atoms with Crippen molar-refractivity contribution in [1.82, 2.24) is 5.32 Å². The third-order valence-corrected chi connectivity index (χ3v) is 3.18.